The van der Waals surface area contributed by atoms with Crippen LogP contribution in [0.25, 0.3) is 11.1 Å². The molecule has 154 valence electrons. The molecule has 0 saturated heterocycles. The number of pyridine rings is 1. The number of nitrogens with zero attached hydrogens (tertiary/aromatic N) is 1. The number of rotatable bonds is 3. The summed E-state index contributed by atoms with van der Waals surface area (Å²) in [6.07, 6.45) is 0.317. The molecule has 1 aromatic carbocycles. The second kappa shape index (κ2) is 9.87. The molecule has 0 fully saturated rings. The molecule has 8 nitrogen and oxygen atoms in total. The van der Waals surface area contributed by atoms with Gasteiger partial charge in [0.15, 0.2) is 11.5 Å². The third-order valence-corrected chi connectivity index (χ3v) is 4.76. The zero-order valence-electron chi connectivity index (χ0n) is 18.0. The number of aromatic amines is 1. The van der Waals surface area contributed by atoms with E-state index in [0.717, 1.165) is 0 Å². The number of benzene rings is 1. The Bertz CT molecular complexity index is 1080. The number of H-pyrrole nitrogens is 1. The number of carbonyl (C=O) groups excluding carboxylic acids is 1. The van der Waals surface area contributed by atoms with Crippen LogP contribution in [0.15, 0.2) is 34.2 Å². The first-order chi connectivity index (χ1) is 13.4. The van der Waals surface area contributed by atoms with E-state index in [1.807, 2.05) is 0 Å². The molecule has 1 atom stereocenters. The molecule has 0 saturated carbocycles. The fourth-order valence-corrected chi connectivity index (χ4v) is 3.39. The van der Waals surface area contributed by atoms with Gasteiger partial charge in [-0.2, -0.15) is 0 Å². The number of hydrogen-bond donors (Lipinski definition) is 2. The number of carbonyl (C=O) groups is 1. The number of ether oxygens (including phenoxy) is 1. The van der Waals surface area contributed by atoms with Crippen molar-refractivity contribution in [1.82, 2.24) is 4.98 Å². The van der Waals surface area contributed by atoms with Gasteiger partial charge in [-0.3, -0.25) is 4.79 Å². The van der Waals surface area contributed by atoms with Crippen LogP contribution in [-0.4, -0.2) is 27.7 Å². The number of aliphatic carboxylic acids is 1. The average Bonchev–Trinajstić information content (AvgIpc) is 2.95. The van der Waals surface area contributed by atoms with Crippen molar-refractivity contribution in [3.8, 4) is 11.1 Å². The van der Waals surface area contributed by atoms with Crippen LogP contribution in [0.2, 0.25) is 5.02 Å². The Kier molecular flexibility index (Phi) is 8.72. The van der Waals surface area contributed by atoms with Crippen molar-refractivity contribution < 1.29 is 62.6 Å². The number of hydrogen-bond acceptors (Lipinski definition) is 7. The number of carboxylic acid groups (broad SMARTS) is 1. The zero-order chi connectivity index (χ0) is 21.6. The van der Waals surface area contributed by atoms with E-state index in [-0.39, 0.29) is 78.6 Å². The van der Waals surface area contributed by atoms with Gasteiger partial charge in [0, 0.05) is 33.5 Å². The van der Waals surface area contributed by atoms with Crippen LogP contribution in [0.5, 0.6) is 0 Å². The standard InChI is InChI=1S/C20H21ClN2O6.2Li/c1-19(2,3)29-18(27)23-14-5-4-10(21)8-12(14)13-9-22-16-11(15(13)24)6-7-20(16,28)17(25)26;;/h4-5,8-9,28H,6-7H2,1-3H3,(H,22,24)(H,23,27)(H,25,26);;/q;2*+1/p-2. The summed E-state index contributed by atoms with van der Waals surface area (Å²) < 4.78 is 5.19. The maximum absolute atomic E-state index is 13.0. The summed E-state index contributed by atoms with van der Waals surface area (Å²) in [7, 11) is 0. The summed E-state index contributed by atoms with van der Waals surface area (Å²) in [5, 5.41) is 34.0. The smallest absolute Gasteiger partial charge is 0.594 e. The molecule has 11 heteroatoms. The first kappa shape index (κ1) is 27.4. The van der Waals surface area contributed by atoms with Crippen molar-refractivity contribution in [3.63, 3.8) is 0 Å². The second-order valence-electron chi connectivity index (χ2n) is 7.79. The molecule has 1 aliphatic rings. The van der Waals surface area contributed by atoms with Crippen molar-refractivity contribution in [2.75, 3.05) is 0 Å². The molecular weight excluding hydrogens is 414 g/mol. The van der Waals surface area contributed by atoms with Crippen LogP contribution in [0.4, 0.5) is 5.69 Å². The van der Waals surface area contributed by atoms with Gasteiger partial charge in [-0.15, -0.1) is 0 Å². The number of aliphatic imine (C=N–C) groups is 1. The van der Waals surface area contributed by atoms with Crippen molar-refractivity contribution in [3.05, 3.63) is 50.9 Å². The van der Waals surface area contributed by atoms with Gasteiger partial charge in [0.1, 0.15) is 5.60 Å². The van der Waals surface area contributed by atoms with Crippen LogP contribution >= 0.6 is 11.6 Å². The predicted octanol–water partition coefficient (Wildman–Crippen LogP) is -5.25. The van der Waals surface area contributed by atoms with Crippen molar-refractivity contribution in [2.45, 2.75) is 44.8 Å². The van der Waals surface area contributed by atoms with Crippen LogP contribution < -0.4 is 53.4 Å². The Hall–Kier alpha value is -1.65. The fourth-order valence-electron chi connectivity index (χ4n) is 3.22. The Balaban J connectivity index is 0.00000240. The van der Waals surface area contributed by atoms with E-state index >= 15 is 0 Å². The van der Waals surface area contributed by atoms with Crippen LogP contribution in [0, 0.1) is 0 Å². The van der Waals surface area contributed by atoms with Gasteiger partial charge in [-0.1, -0.05) is 32.4 Å². The maximum atomic E-state index is 13.0. The molecular formula is C20H19ClLi2N2O6. The van der Waals surface area contributed by atoms with E-state index in [0.29, 0.717) is 5.02 Å². The quantitative estimate of drug-likeness (QED) is 0.282. The minimum absolute atomic E-state index is 0. The van der Waals surface area contributed by atoms with Gasteiger partial charge in [-0.25, -0.2) is 4.99 Å². The van der Waals surface area contributed by atoms with E-state index in [1.165, 1.54) is 24.4 Å². The number of nitrogens with one attached hydrogen (secondary N) is 1. The summed E-state index contributed by atoms with van der Waals surface area (Å²) in [5.74, 6) is -1.68. The molecule has 0 aliphatic heterocycles. The number of aromatic nitrogens is 1. The van der Waals surface area contributed by atoms with Gasteiger partial charge in [0.2, 0.25) is 0 Å². The molecule has 1 aliphatic carbocycles. The molecule has 0 spiro atoms. The van der Waals surface area contributed by atoms with Gasteiger partial charge in [0.05, 0.1) is 17.4 Å². The Labute approximate surface area is 208 Å². The summed E-state index contributed by atoms with van der Waals surface area (Å²) in [6, 6.07) is 4.47. The predicted molar refractivity (Wildman–Crippen MR) is 103 cm³/mol. The first-order valence-corrected chi connectivity index (χ1v) is 9.24. The topological polar surface area (TPSA) is 138 Å². The summed E-state index contributed by atoms with van der Waals surface area (Å²) in [6.45, 7) is 5.10. The molecule has 0 radical (unpaired) electrons. The average molecular weight is 433 g/mol. The zero-order valence-corrected chi connectivity index (χ0v) is 18.8. The van der Waals surface area contributed by atoms with Crippen LogP contribution in [-0.2, 0) is 21.6 Å². The van der Waals surface area contributed by atoms with Gasteiger partial charge < -0.3 is 29.8 Å². The van der Waals surface area contributed by atoms with E-state index in [9.17, 15) is 24.9 Å². The molecule has 0 bridgehead atoms. The van der Waals surface area contributed by atoms with Crippen molar-refractivity contribution in [2.24, 2.45) is 4.99 Å². The second-order valence-corrected chi connectivity index (χ2v) is 8.22. The minimum atomic E-state index is -2.24. The van der Waals surface area contributed by atoms with Crippen LogP contribution in [0.1, 0.15) is 38.4 Å². The van der Waals surface area contributed by atoms with Gasteiger partial charge in [0.25, 0.3) is 0 Å². The van der Waals surface area contributed by atoms with E-state index in [1.54, 1.807) is 20.8 Å². The number of carboxylic acids is 1. The SMILES string of the molecule is CC(C)(C)OC([O-])=Nc1ccc(Cl)cc1-c1c[nH]c2c(c1=O)CCC2(O)C(=O)[O-].[Li+].[Li+]. The van der Waals surface area contributed by atoms with E-state index in [2.05, 4.69) is 9.98 Å². The third kappa shape index (κ3) is 5.59. The Morgan fingerprint density at radius 2 is 1.90 bits per heavy atom. The fraction of sp³-hybridized carbons (Fsp3) is 0.350. The molecule has 1 aromatic heterocycles. The Morgan fingerprint density at radius 1 is 1.26 bits per heavy atom. The largest absolute Gasteiger partial charge is 1.00 e. The number of fused-ring (bicyclic) bond motifs is 1. The Morgan fingerprint density at radius 3 is 2.48 bits per heavy atom. The van der Waals surface area contributed by atoms with Gasteiger partial charge >= 0.3 is 37.7 Å². The molecule has 1 heterocycles. The number of halogens is 1. The number of aliphatic hydroxyl groups is 1. The third-order valence-electron chi connectivity index (χ3n) is 4.52. The molecule has 31 heavy (non-hydrogen) atoms. The molecule has 1 unspecified atom stereocenters. The summed E-state index contributed by atoms with van der Waals surface area (Å²) in [5.41, 5.74) is -2.86. The van der Waals surface area contributed by atoms with Crippen LogP contribution in [0.3, 0.4) is 0 Å². The summed E-state index contributed by atoms with van der Waals surface area (Å²) in [4.78, 5) is 30.9. The molecule has 0 amide bonds. The van der Waals surface area contributed by atoms with E-state index in [4.69, 9.17) is 16.3 Å². The minimum Gasteiger partial charge on any atom is -0.594 e. The van der Waals surface area contributed by atoms with Gasteiger partial charge in [-0.05, 0) is 31.0 Å². The first-order valence-electron chi connectivity index (χ1n) is 8.86. The summed E-state index contributed by atoms with van der Waals surface area (Å²) >= 11 is 6.07. The van der Waals surface area contributed by atoms with Crippen molar-refractivity contribution in [1.29, 1.82) is 0 Å². The normalized spacial score (nSPS) is 17.9. The molecule has 2 aromatic rings. The van der Waals surface area contributed by atoms with E-state index < -0.39 is 28.7 Å². The molecule has 3 rings (SSSR count). The monoisotopic (exact) mass is 432 g/mol. The van der Waals surface area contributed by atoms with Crippen molar-refractivity contribution >= 4 is 29.3 Å². The maximum Gasteiger partial charge on any atom is 1.00 e. The molecule has 2 N–H and O–H groups in total.